The van der Waals surface area contributed by atoms with E-state index in [2.05, 4.69) is 31.0 Å². The molecule has 1 heterocycles. The van der Waals surface area contributed by atoms with Crippen LogP contribution in [0.15, 0.2) is 0 Å². The summed E-state index contributed by atoms with van der Waals surface area (Å²) in [7, 11) is 0. The Labute approximate surface area is 101 Å². The Kier molecular flexibility index (Phi) is 7.01. The molecular formula is C13H28N2O. The van der Waals surface area contributed by atoms with Gasteiger partial charge < -0.3 is 10.1 Å². The van der Waals surface area contributed by atoms with Crippen molar-refractivity contribution in [2.24, 2.45) is 0 Å². The highest BCUT2D eigenvalue weighted by atomic mass is 16.5. The van der Waals surface area contributed by atoms with Gasteiger partial charge in [-0.25, -0.2) is 0 Å². The van der Waals surface area contributed by atoms with Gasteiger partial charge in [-0.2, -0.15) is 0 Å². The summed E-state index contributed by atoms with van der Waals surface area (Å²) >= 11 is 0. The van der Waals surface area contributed by atoms with Gasteiger partial charge in [0.1, 0.15) is 0 Å². The van der Waals surface area contributed by atoms with E-state index in [-0.39, 0.29) is 0 Å². The van der Waals surface area contributed by atoms with Crippen LogP contribution in [0, 0.1) is 0 Å². The molecule has 0 amide bonds. The summed E-state index contributed by atoms with van der Waals surface area (Å²) in [6, 6.07) is 0.649. The fourth-order valence-electron chi connectivity index (χ4n) is 2.19. The first kappa shape index (κ1) is 13.9. The van der Waals surface area contributed by atoms with E-state index in [1.165, 1.54) is 19.4 Å². The molecule has 1 saturated heterocycles. The minimum Gasteiger partial charge on any atom is -0.376 e. The van der Waals surface area contributed by atoms with E-state index in [0.717, 1.165) is 32.7 Å². The zero-order chi connectivity index (χ0) is 11.8. The highest BCUT2D eigenvalue weighted by Gasteiger charge is 2.20. The Hall–Kier alpha value is -0.120. The molecule has 0 aromatic heterocycles. The number of rotatable bonds is 7. The lowest BCUT2D eigenvalue weighted by Crippen LogP contribution is -2.48. The molecule has 0 saturated carbocycles. The molecule has 2 unspecified atom stereocenters. The van der Waals surface area contributed by atoms with Crippen LogP contribution in [-0.4, -0.2) is 49.8 Å². The molecule has 1 N–H and O–H groups in total. The Morgan fingerprint density at radius 3 is 2.81 bits per heavy atom. The van der Waals surface area contributed by atoms with Crippen LogP contribution >= 0.6 is 0 Å². The molecule has 0 spiro atoms. The van der Waals surface area contributed by atoms with Crippen molar-refractivity contribution in [3.63, 3.8) is 0 Å². The van der Waals surface area contributed by atoms with E-state index in [1.54, 1.807) is 0 Å². The Bertz CT molecular complexity index is 175. The molecule has 0 aliphatic carbocycles. The average Bonchev–Trinajstić information content (AvgIpc) is 2.34. The lowest BCUT2D eigenvalue weighted by Gasteiger charge is -2.34. The summed E-state index contributed by atoms with van der Waals surface area (Å²) in [5.41, 5.74) is 0. The van der Waals surface area contributed by atoms with Crippen LogP contribution in [0.1, 0.15) is 40.0 Å². The SMILES string of the molecule is CCCNC(CC)CN1CCOC(CC)C1. The molecule has 3 heteroatoms. The number of hydrogen-bond acceptors (Lipinski definition) is 3. The van der Waals surface area contributed by atoms with Gasteiger partial charge in [-0.05, 0) is 25.8 Å². The number of nitrogens with one attached hydrogen (secondary N) is 1. The summed E-state index contributed by atoms with van der Waals surface area (Å²) in [5, 5.41) is 3.62. The largest absolute Gasteiger partial charge is 0.376 e. The number of ether oxygens (including phenoxy) is 1. The van der Waals surface area contributed by atoms with Crippen molar-refractivity contribution in [3.05, 3.63) is 0 Å². The van der Waals surface area contributed by atoms with Crippen LogP contribution in [0.3, 0.4) is 0 Å². The van der Waals surface area contributed by atoms with E-state index < -0.39 is 0 Å². The summed E-state index contributed by atoms with van der Waals surface area (Å²) < 4.78 is 5.69. The van der Waals surface area contributed by atoms with Gasteiger partial charge in [0.15, 0.2) is 0 Å². The molecule has 1 rings (SSSR count). The molecule has 16 heavy (non-hydrogen) atoms. The predicted octanol–water partition coefficient (Wildman–Crippen LogP) is 1.88. The van der Waals surface area contributed by atoms with Gasteiger partial charge in [0.25, 0.3) is 0 Å². The monoisotopic (exact) mass is 228 g/mol. The molecule has 1 aliphatic heterocycles. The van der Waals surface area contributed by atoms with Crippen LogP contribution in [0.5, 0.6) is 0 Å². The zero-order valence-electron chi connectivity index (χ0n) is 11.2. The first-order valence-corrected chi connectivity index (χ1v) is 6.87. The molecule has 0 radical (unpaired) electrons. The molecule has 96 valence electrons. The lowest BCUT2D eigenvalue weighted by atomic mass is 10.1. The molecular weight excluding hydrogens is 200 g/mol. The maximum Gasteiger partial charge on any atom is 0.0700 e. The molecule has 0 aromatic carbocycles. The highest BCUT2D eigenvalue weighted by Crippen LogP contribution is 2.09. The Morgan fingerprint density at radius 2 is 2.19 bits per heavy atom. The normalized spacial score (nSPS) is 24.6. The Morgan fingerprint density at radius 1 is 1.38 bits per heavy atom. The van der Waals surface area contributed by atoms with Crippen molar-refractivity contribution < 1.29 is 4.74 Å². The predicted molar refractivity (Wildman–Crippen MR) is 68.8 cm³/mol. The fourth-order valence-corrected chi connectivity index (χ4v) is 2.19. The van der Waals surface area contributed by atoms with Gasteiger partial charge in [-0.1, -0.05) is 20.8 Å². The second-order valence-corrected chi connectivity index (χ2v) is 4.72. The van der Waals surface area contributed by atoms with Crippen LogP contribution in [-0.2, 0) is 4.74 Å². The average molecular weight is 228 g/mol. The third-order valence-corrected chi connectivity index (χ3v) is 3.33. The summed E-state index contributed by atoms with van der Waals surface area (Å²) in [5.74, 6) is 0. The summed E-state index contributed by atoms with van der Waals surface area (Å²) in [6.07, 6.45) is 4.03. The van der Waals surface area contributed by atoms with E-state index in [0.29, 0.717) is 12.1 Å². The maximum atomic E-state index is 5.69. The van der Waals surface area contributed by atoms with E-state index in [1.807, 2.05) is 0 Å². The molecule has 3 nitrogen and oxygen atoms in total. The van der Waals surface area contributed by atoms with Crippen molar-refractivity contribution >= 4 is 0 Å². The van der Waals surface area contributed by atoms with Crippen LogP contribution in [0.4, 0.5) is 0 Å². The topological polar surface area (TPSA) is 24.5 Å². The van der Waals surface area contributed by atoms with Crippen molar-refractivity contribution in [2.45, 2.75) is 52.2 Å². The minimum atomic E-state index is 0.456. The van der Waals surface area contributed by atoms with Crippen molar-refractivity contribution in [2.75, 3.05) is 32.8 Å². The number of hydrogen-bond donors (Lipinski definition) is 1. The van der Waals surface area contributed by atoms with E-state index >= 15 is 0 Å². The van der Waals surface area contributed by atoms with E-state index in [9.17, 15) is 0 Å². The van der Waals surface area contributed by atoms with Crippen molar-refractivity contribution in [1.29, 1.82) is 0 Å². The van der Waals surface area contributed by atoms with Crippen LogP contribution in [0.2, 0.25) is 0 Å². The second kappa shape index (κ2) is 8.04. The lowest BCUT2D eigenvalue weighted by molar-refractivity contribution is -0.0322. The second-order valence-electron chi connectivity index (χ2n) is 4.72. The first-order chi connectivity index (χ1) is 7.80. The maximum absolute atomic E-state index is 5.69. The van der Waals surface area contributed by atoms with Gasteiger partial charge in [-0.15, -0.1) is 0 Å². The van der Waals surface area contributed by atoms with Gasteiger partial charge in [0.05, 0.1) is 12.7 Å². The summed E-state index contributed by atoms with van der Waals surface area (Å²) in [4.78, 5) is 2.55. The standard InChI is InChI=1S/C13H28N2O/c1-4-7-14-12(5-2)10-15-8-9-16-13(6-3)11-15/h12-14H,4-11H2,1-3H3. The van der Waals surface area contributed by atoms with Gasteiger partial charge in [0.2, 0.25) is 0 Å². The quantitative estimate of drug-likeness (QED) is 0.720. The molecule has 1 fully saturated rings. The van der Waals surface area contributed by atoms with Crippen LogP contribution in [0.25, 0.3) is 0 Å². The molecule has 0 aromatic rings. The zero-order valence-corrected chi connectivity index (χ0v) is 11.2. The summed E-state index contributed by atoms with van der Waals surface area (Å²) in [6.45, 7) is 12.1. The molecule has 1 aliphatic rings. The number of nitrogens with zero attached hydrogens (tertiary/aromatic N) is 1. The third kappa shape index (κ3) is 4.81. The third-order valence-electron chi connectivity index (χ3n) is 3.33. The Balaban J connectivity index is 2.27. The van der Waals surface area contributed by atoms with Crippen molar-refractivity contribution in [1.82, 2.24) is 10.2 Å². The minimum absolute atomic E-state index is 0.456. The van der Waals surface area contributed by atoms with Gasteiger partial charge in [0, 0.05) is 25.7 Å². The fraction of sp³-hybridized carbons (Fsp3) is 1.00. The highest BCUT2D eigenvalue weighted by molar-refractivity contribution is 4.76. The number of morpholine rings is 1. The molecule has 2 atom stereocenters. The van der Waals surface area contributed by atoms with Crippen molar-refractivity contribution in [3.8, 4) is 0 Å². The molecule has 0 bridgehead atoms. The smallest absolute Gasteiger partial charge is 0.0700 e. The van der Waals surface area contributed by atoms with Crippen LogP contribution < -0.4 is 5.32 Å². The van der Waals surface area contributed by atoms with Gasteiger partial charge in [-0.3, -0.25) is 4.90 Å². The van der Waals surface area contributed by atoms with Gasteiger partial charge >= 0.3 is 0 Å². The first-order valence-electron chi connectivity index (χ1n) is 6.87. The van der Waals surface area contributed by atoms with E-state index in [4.69, 9.17) is 4.74 Å².